The van der Waals surface area contributed by atoms with Gasteiger partial charge in [-0.1, -0.05) is 11.6 Å². The molecule has 2 aromatic heterocycles. The van der Waals surface area contributed by atoms with Crippen LogP contribution in [0.4, 0.5) is 0 Å². The molecule has 0 radical (unpaired) electrons. The Morgan fingerprint density at radius 2 is 2.15 bits per heavy atom. The second-order valence-corrected chi connectivity index (χ2v) is 5.32. The molecular weight excluding hydrogens is 272 g/mol. The summed E-state index contributed by atoms with van der Waals surface area (Å²) in [5.41, 5.74) is 4.22. The molecule has 0 saturated heterocycles. The minimum Gasteiger partial charge on any atom is -0.313 e. The zero-order chi connectivity index (χ0) is 14.7. The molecule has 0 aliphatic heterocycles. The Kier molecular flexibility index (Phi) is 4.78. The molecule has 0 fully saturated rings. The number of rotatable bonds is 5. The molecule has 4 nitrogen and oxygen atoms in total. The third-order valence-corrected chi connectivity index (χ3v) is 4.01. The Bertz CT molecular complexity index is 592. The van der Waals surface area contributed by atoms with Crippen molar-refractivity contribution in [1.29, 1.82) is 0 Å². The smallest absolute Gasteiger partial charge is 0.0847 e. The largest absolute Gasteiger partial charge is 0.313 e. The highest BCUT2D eigenvalue weighted by Gasteiger charge is 2.18. The number of nitrogens with zero attached hydrogens (tertiary/aromatic N) is 3. The van der Waals surface area contributed by atoms with Gasteiger partial charge in [-0.2, -0.15) is 5.10 Å². The van der Waals surface area contributed by atoms with Gasteiger partial charge in [-0.3, -0.25) is 9.67 Å². The van der Waals surface area contributed by atoms with Gasteiger partial charge in [0.15, 0.2) is 0 Å². The van der Waals surface area contributed by atoms with E-state index in [-0.39, 0.29) is 6.04 Å². The quantitative estimate of drug-likeness (QED) is 0.921. The maximum Gasteiger partial charge on any atom is 0.0847 e. The first kappa shape index (κ1) is 15.0. The van der Waals surface area contributed by atoms with E-state index in [1.807, 2.05) is 37.8 Å². The minimum absolute atomic E-state index is 0.204. The maximum absolute atomic E-state index is 6.39. The maximum atomic E-state index is 6.39. The van der Waals surface area contributed by atoms with Gasteiger partial charge < -0.3 is 5.32 Å². The van der Waals surface area contributed by atoms with Gasteiger partial charge in [0, 0.05) is 30.9 Å². The molecule has 0 bridgehead atoms. The van der Waals surface area contributed by atoms with Crippen molar-refractivity contribution < 1.29 is 0 Å². The molecule has 1 unspecified atom stereocenters. The van der Waals surface area contributed by atoms with Crippen molar-refractivity contribution in [1.82, 2.24) is 20.1 Å². The van der Waals surface area contributed by atoms with Crippen molar-refractivity contribution in [3.8, 4) is 0 Å². The average molecular weight is 293 g/mol. The monoisotopic (exact) mass is 292 g/mol. The summed E-state index contributed by atoms with van der Waals surface area (Å²) < 4.78 is 1.98. The van der Waals surface area contributed by atoms with Gasteiger partial charge in [0.2, 0.25) is 0 Å². The molecule has 108 valence electrons. The first-order valence-corrected chi connectivity index (χ1v) is 7.26. The SMILES string of the molecule is CCn1nc(C)c(Cl)c1CC(NC)c1ccnc(C)c1. The molecular formula is C15H21ClN4. The summed E-state index contributed by atoms with van der Waals surface area (Å²) in [6, 6.07) is 4.35. The molecule has 5 heteroatoms. The van der Waals surface area contributed by atoms with E-state index in [0.717, 1.165) is 35.1 Å². The summed E-state index contributed by atoms with van der Waals surface area (Å²) in [7, 11) is 1.97. The highest BCUT2D eigenvalue weighted by Crippen LogP contribution is 2.26. The van der Waals surface area contributed by atoms with E-state index in [4.69, 9.17) is 11.6 Å². The fraction of sp³-hybridized carbons (Fsp3) is 0.467. The van der Waals surface area contributed by atoms with Crippen LogP contribution in [0.3, 0.4) is 0 Å². The Hall–Kier alpha value is -1.39. The van der Waals surface area contributed by atoms with Gasteiger partial charge in [-0.25, -0.2) is 0 Å². The standard InChI is InChI=1S/C15H21ClN4/c1-5-20-14(15(16)11(3)19-20)9-13(17-4)12-6-7-18-10(2)8-12/h6-8,13,17H,5,9H2,1-4H3. The van der Waals surface area contributed by atoms with E-state index in [1.165, 1.54) is 5.56 Å². The van der Waals surface area contributed by atoms with Gasteiger partial charge in [-0.15, -0.1) is 0 Å². The van der Waals surface area contributed by atoms with Crippen LogP contribution >= 0.6 is 11.6 Å². The molecule has 2 rings (SSSR count). The lowest BCUT2D eigenvalue weighted by molar-refractivity contribution is 0.540. The normalized spacial score (nSPS) is 12.7. The van der Waals surface area contributed by atoms with Crippen LogP contribution in [0.5, 0.6) is 0 Å². The van der Waals surface area contributed by atoms with Crippen LogP contribution in [-0.2, 0) is 13.0 Å². The Balaban J connectivity index is 2.31. The van der Waals surface area contributed by atoms with E-state index in [0.29, 0.717) is 0 Å². The predicted molar refractivity (Wildman–Crippen MR) is 82.1 cm³/mol. The summed E-state index contributed by atoms with van der Waals surface area (Å²) in [6.07, 6.45) is 2.66. The summed E-state index contributed by atoms with van der Waals surface area (Å²) in [6.45, 7) is 6.86. The van der Waals surface area contributed by atoms with E-state index in [1.54, 1.807) is 0 Å². The fourth-order valence-electron chi connectivity index (χ4n) is 2.43. The number of halogens is 1. The fourth-order valence-corrected chi connectivity index (χ4v) is 2.64. The van der Waals surface area contributed by atoms with E-state index in [9.17, 15) is 0 Å². The van der Waals surface area contributed by atoms with Crippen LogP contribution < -0.4 is 5.32 Å². The molecule has 0 amide bonds. The van der Waals surface area contributed by atoms with Crippen LogP contribution in [-0.4, -0.2) is 21.8 Å². The lowest BCUT2D eigenvalue weighted by atomic mass is 10.0. The zero-order valence-electron chi connectivity index (χ0n) is 12.4. The predicted octanol–water partition coefficient (Wildman–Crippen LogP) is 3.07. The van der Waals surface area contributed by atoms with Crippen molar-refractivity contribution in [3.63, 3.8) is 0 Å². The van der Waals surface area contributed by atoms with E-state index >= 15 is 0 Å². The summed E-state index contributed by atoms with van der Waals surface area (Å²) in [5.74, 6) is 0. The first-order valence-electron chi connectivity index (χ1n) is 6.88. The Labute approximate surface area is 125 Å². The number of pyridine rings is 1. The van der Waals surface area contributed by atoms with Gasteiger partial charge in [0.1, 0.15) is 0 Å². The van der Waals surface area contributed by atoms with Crippen LogP contribution in [0.15, 0.2) is 18.3 Å². The third-order valence-electron chi connectivity index (χ3n) is 3.52. The third kappa shape index (κ3) is 3.02. The lowest BCUT2D eigenvalue weighted by Crippen LogP contribution is -2.21. The summed E-state index contributed by atoms with van der Waals surface area (Å²) in [5, 5.41) is 8.60. The molecule has 0 aliphatic carbocycles. The topological polar surface area (TPSA) is 42.7 Å². The molecule has 0 spiro atoms. The number of likely N-dealkylation sites (N-methyl/N-ethyl adjacent to an activating group) is 1. The van der Waals surface area contributed by atoms with Gasteiger partial charge in [-0.05, 0) is 45.5 Å². The number of nitrogens with one attached hydrogen (secondary N) is 1. The Morgan fingerprint density at radius 1 is 1.40 bits per heavy atom. The first-order chi connectivity index (χ1) is 9.56. The number of hydrogen-bond acceptors (Lipinski definition) is 3. The van der Waals surface area contributed by atoms with Gasteiger partial charge in [0.05, 0.1) is 16.4 Å². The molecule has 2 aromatic rings. The number of aryl methyl sites for hydroxylation is 3. The molecule has 0 saturated carbocycles. The van der Waals surface area contributed by atoms with Crippen LogP contribution in [0.2, 0.25) is 5.02 Å². The van der Waals surface area contributed by atoms with Crippen LogP contribution in [0.1, 0.15) is 35.6 Å². The van der Waals surface area contributed by atoms with E-state index < -0.39 is 0 Å². The van der Waals surface area contributed by atoms with Crippen molar-refractivity contribution in [2.45, 2.75) is 39.8 Å². The molecule has 1 atom stereocenters. The van der Waals surface area contributed by atoms with Gasteiger partial charge in [0.25, 0.3) is 0 Å². The molecule has 1 N–H and O–H groups in total. The van der Waals surface area contributed by atoms with Crippen molar-refractivity contribution in [2.24, 2.45) is 0 Å². The number of aromatic nitrogens is 3. The summed E-state index contributed by atoms with van der Waals surface area (Å²) in [4.78, 5) is 4.25. The molecule has 2 heterocycles. The van der Waals surface area contributed by atoms with E-state index in [2.05, 4.69) is 28.4 Å². The van der Waals surface area contributed by atoms with Crippen LogP contribution in [0.25, 0.3) is 0 Å². The molecule has 20 heavy (non-hydrogen) atoms. The average Bonchev–Trinajstić information content (AvgIpc) is 2.71. The second-order valence-electron chi connectivity index (χ2n) is 4.94. The minimum atomic E-state index is 0.204. The van der Waals surface area contributed by atoms with Crippen LogP contribution in [0, 0.1) is 13.8 Å². The molecule has 0 aromatic carbocycles. The Morgan fingerprint density at radius 3 is 2.75 bits per heavy atom. The summed E-state index contributed by atoms with van der Waals surface area (Å²) >= 11 is 6.39. The van der Waals surface area contributed by atoms with Crippen molar-refractivity contribution in [2.75, 3.05) is 7.05 Å². The highest BCUT2D eigenvalue weighted by atomic mass is 35.5. The number of hydrogen-bond donors (Lipinski definition) is 1. The lowest BCUT2D eigenvalue weighted by Gasteiger charge is -2.18. The van der Waals surface area contributed by atoms with Gasteiger partial charge >= 0.3 is 0 Å². The van der Waals surface area contributed by atoms with Crippen molar-refractivity contribution in [3.05, 3.63) is 46.0 Å². The second kappa shape index (κ2) is 6.37. The highest BCUT2D eigenvalue weighted by molar-refractivity contribution is 6.31. The zero-order valence-corrected chi connectivity index (χ0v) is 13.2. The molecule has 0 aliphatic rings. The van der Waals surface area contributed by atoms with Crippen molar-refractivity contribution >= 4 is 11.6 Å².